The molecule has 0 aromatic carbocycles. The van der Waals surface area contributed by atoms with Gasteiger partial charge in [-0.2, -0.15) is 0 Å². The number of aromatic nitrogens is 2. The summed E-state index contributed by atoms with van der Waals surface area (Å²) >= 11 is 1.75. The molecule has 5 heteroatoms. The van der Waals surface area contributed by atoms with Crippen LogP contribution in [0.15, 0.2) is 30.7 Å². The Morgan fingerprint density at radius 2 is 2.29 bits per heavy atom. The molecule has 0 N–H and O–H groups in total. The van der Waals surface area contributed by atoms with E-state index in [-0.39, 0.29) is 5.54 Å². The predicted molar refractivity (Wildman–Crippen MR) is 85.2 cm³/mol. The molecule has 112 valence electrons. The van der Waals surface area contributed by atoms with Gasteiger partial charge in [-0.1, -0.05) is 0 Å². The van der Waals surface area contributed by atoms with Crippen LogP contribution in [0.3, 0.4) is 0 Å². The van der Waals surface area contributed by atoms with Crippen LogP contribution in [-0.2, 0) is 11.3 Å². The highest BCUT2D eigenvalue weighted by Gasteiger charge is 2.33. The molecule has 0 aliphatic carbocycles. The van der Waals surface area contributed by atoms with E-state index in [1.165, 1.54) is 4.88 Å². The second-order valence-corrected chi connectivity index (χ2v) is 7.30. The van der Waals surface area contributed by atoms with Gasteiger partial charge in [0.2, 0.25) is 0 Å². The fourth-order valence-electron chi connectivity index (χ4n) is 2.52. The van der Waals surface area contributed by atoms with Crippen LogP contribution in [0.2, 0.25) is 0 Å². The molecule has 1 fully saturated rings. The predicted octanol–water partition coefficient (Wildman–Crippen LogP) is 3.20. The summed E-state index contributed by atoms with van der Waals surface area (Å²) in [6, 6.07) is 4.00. The Hall–Kier alpha value is -1.30. The number of hydrogen-bond acceptors (Lipinski definition) is 5. The summed E-state index contributed by atoms with van der Waals surface area (Å²) in [6.07, 6.45) is 5.94. The molecule has 4 nitrogen and oxygen atoms in total. The summed E-state index contributed by atoms with van der Waals surface area (Å²) in [7, 11) is 0. The van der Waals surface area contributed by atoms with Gasteiger partial charge in [-0.05, 0) is 32.9 Å². The topological polar surface area (TPSA) is 38.2 Å². The first kappa shape index (κ1) is 14.6. The minimum Gasteiger partial charge on any atom is -0.375 e. The summed E-state index contributed by atoms with van der Waals surface area (Å²) in [5.41, 5.74) is 1.16. The van der Waals surface area contributed by atoms with Crippen LogP contribution in [0.25, 0.3) is 10.6 Å². The smallest absolute Gasteiger partial charge is 0.125 e. The van der Waals surface area contributed by atoms with Crippen LogP contribution < -0.4 is 0 Å². The van der Waals surface area contributed by atoms with E-state index >= 15 is 0 Å². The Labute approximate surface area is 129 Å². The van der Waals surface area contributed by atoms with E-state index < -0.39 is 0 Å². The Bertz CT molecular complexity index is 597. The van der Waals surface area contributed by atoms with E-state index in [2.05, 4.69) is 41.7 Å². The summed E-state index contributed by atoms with van der Waals surface area (Å²) < 4.78 is 5.77. The lowest BCUT2D eigenvalue weighted by atomic mass is 10.0. The molecule has 0 radical (unpaired) electrons. The van der Waals surface area contributed by atoms with E-state index in [4.69, 9.17) is 4.74 Å². The van der Waals surface area contributed by atoms with Crippen LogP contribution in [0, 0.1) is 0 Å². The van der Waals surface area contributed by atoms with Crippen molar-refractivity contribution >= 4 is 11.3 Å². The van der Waals surface area contributed by atoms with Gasteiger partial charge >= 0.3 is 0 Å². The largest absolute Gasteiger partial charge is 0.375 e. The minimum atomic E-state index is 0.0744. The van der Waals surface area contributed by atoms with Gasteiger partial charge < -0.3 is 4.74 Å². The SMILES string of the molecule is C[C@@H]1CN(Cc2cnc(-c3cccnc3)s2)C(C)(C)CO1. The molecule has 2 aromatic rings. The maximum Gasteiger partial charge on any atom is 0.125 e. The van der Waals surface area contributed by atoms with E-state index in [1.807, 2.05) is 18.5 Å². The van der Waals surface area contributed by atoms with Crippen molar-refractivity contribution < 1.29 is 4.74 Å². The normalized spacial score (nSPS) is 22.3. The molecular weight excluding hydrogens is 282 g/mol. The van der Waals surface area contributed by atoms with Gasteiger partial charge in [0.05, 0.1) is 12.7 Å². The molecule has 3 heterocycles. The fraction of sp³-hybridized carbons (Fsp3) is 0.500. The molecule has 0 saturated carbocycles. The first-order valence-corrected chi connectivity index (χ1v) is 8.08. The first-order valence-electron chi connectivity index (χ1n) is 7.26. The van der Waals surface area contributed by atoms with Gasteiger partial charge in [-0.3, -0.25) is 9.88 Å². The van der Waals surface area contributed by atoms with Crippen molar-refractivity contribution in [2.24, 2.45) is 0 Å². The standard InChI is InChI=1S/C16H21N3OS/c1-12-9-19(16(2,3)11-20-12)10-14-8-18-15(21-14)13-5-4-6-17-7-13/h4-8,12H,9-11H2,1-3H3/t12-/m1/s1. The molecule has 21 heavy (non-hydrogen) atoms. The third-order valence-corrected chi connectivity index (χ3v) is 4.89. The lowest BCUT2D eigenvalue weighted by Gasteiger charge is -2.44. The fourth-order valence-corrected chi connectivity index (χ4v) is 3.44. The van der Waals surface area contributed by atoms with Gasteiger partial charge in [0.15, 0.2) is 0 Å². The zero-order valence-electron chi connectivity index (χ0n) is 12.7. The third kappa shape index (κ3) is 3.31. The second kappa shape index (κ2) is 5.83. The Morgan fingerprint density at radius 1 is 1.43 bits per heavy atom. The molecule has 2 aromatic heterocycles. The van der Waals surface area contributed by atoms with Crippen molar-refractivity contribution in [2.75, 3.05) is 13.2 Å². The number of nitrogens with zero attached hydrogens (tertiary/aromatic N) is 3. The molecule has 1 atom stereocenters. The van der Waals surface area contributed by atoms with Crippen molar-refractivity contribution in [2.45, 2.75) is 39.0 Å². The lowest BCUT2D eigenvalue weighted by Crippen LogP contribution is -2.54. The van der Waals surface area contributed by atoms with Crippen molar-refractivity contribution in [1.29, 1.82) is 0 Å². The molecule has 0 spiro atoms. The zero-order valence-corrected chi connectivity index (χ0v) is 13.6. The maximum absolute atomic E-state index is 5.77. The molecule has 0 unspecified atom stereocenters. The van der Waals surface area contributed by atoms with Crippen molar-refractivity contribution in [1.82, 2.24) is 14.9 Å². The van der Waals surface area contributed by atoms with Crippen molar-refractivity contribution in [3.63, 3.8) is 0 Å². The van der Waals surface area contributed by atoms with Crippen molar-refractivity contribution in [3.8, 4) is 10.6 Å². The number of rotatable bonds is 3. The Morgan fingerprint density at radius 3 is 3.05 bits per heavy atom. The molecule has 0 amide bonds. The molecule has 1 aliphatic rings. The number of pyridine rings is 1. The van der Waals surface area contributed by atoms with E-state index in [0.29, 0.717) is 6.10 Å². The lowest BCUT2D eigenvalue weighted by molar-refractivity contribution is -0.0946. The van der Waals surface area contributed by atoms with E-state index in [9.17, 15) is 0 Å². The average molecular weight is 303 g/mol. The maximum atomic E-state index is 5.77. The summed E-state index contributed by atoms with van der Waals surface area (Å²) in [5, 5.41) is 1.04. The van der Waals surface area contributed by atoms with Crippen LogP contribution in [0.4, 0.5) is 0 Å². The van der Waals surface area contributed by atoms with Crippen LogP contribution in [0.5, 0.6) is 0 Å². The van der Waals surface area contributed by atoms with E-state index in [0.717, 1.165) is 30.3 Å². The minimum absolute atomic E-state index is 0.0744. The third-order valence-electron chi connectivity index (χ3n) is 3.86. The van der Waals surface area contributed by atoms with Gasteiger partial charge in [0, 0.05) is 47.7 Å². The molecule has 0 bridgehead atoms. The van der Waals surface area contributed by atoms with Crippen LogP contribution >= 0.6 is 11.3 Å². The van der Waals surface area contributed by atoms with Gasteiger partial charge in [-0.15, -0.1) is 11.3 Å². The second-order valence-electron chi connectivity index (χ2n) is 6.19. The van der Waals surface area contributed by atoms with Gasteiger partial charge in [-0.25, -0.2) is 4.98 Å². The Kier molecular flexibility index (Phi) is 4.06. The van der Waals surface area contributed by atoms with Gasteiger partial charge in [0.25, 0.3) is 0 Å². The van der Waals surface area contributed by atoms with Crippen molar-refractivity contribution in [3.05, 3.63) is 35.6 Å². The molecule has 1 saturated heterocycles. The number of thiazole rings is 1. The number of hydrogen-bond donors (Lipinski definition) is 0. The molecular formula is C16H21N3OS. The average Bonchev–Trinajstić information content (AvgIpc) is 2.93. The van der Waals surface area contributed by atoms with E-state index in [1.54, 1.807) is 17.5 Å². The quantitative estimate of drug-likeness (QED) is 0.873. The first-order chi connectivity index (χ1) is 10.0. The highest BCUT2D eigenvalue weighted by atomic mass is 32.1. The van der Waals surface area contributed by atoms with Crippen LogP contribution in [-0.4, -0.2) is 39.7 Å². The monoisotopic (exact) mass is 303 g/mol. The zero-order chi connectivity index (χ0) is 14.9. The summed E-state index contributed by atoms with van der Waals surface area (Å²) in [5.74, 6) is 0. The highest BCUT2D eigenvalue weighted by Crippen LogP contribution is 2.29. The van der Waals surface area contributed by atoms with Crippen LogP contribution in [0.1, 0.15) is 25.6 Å². The highest BCUT2D eigenvalue weighted by molar-refractivity contribution is 7.15. The Balaban J connectivity index is 1.75. The summed E-state index contributed by atoms with van der Waals surface area (Å²) in [4.78, 5) is 12.5. The molecule has 1 aliphatic heterocycles. The molecule has 3 rings (SSSR count). The van der Waals surface area contributed by atoms with Gasteiger partial charge in [0.1, 0.15) is 5.01 Å². The number of morpholine rings is 1. The summed E-state index contributed by atoms with van der Waals surface area (Å²) in [6.45, 7) is 9.29. The number of ether oxygens (including phenoxy) is 1.